The fraction of sp³-hybridized carbons (Fsp3) is 0. The maximum Gasteiger partial charge on any atom is -0.00262 e. The summed E-state index contributed by atoms with van der Waals surface area (Å²) in [5, 5.41) is 12.8. The normalized spacial score (nSPS) is 11.6. The first-order chi connectivity index (χ1) is 21.8. The standard InChI is InChI=1S/C44H28/c1-3-12-29(13-4-1)43-38-18-9-10-19-39(38)44(30-14-5-2-6-15-30)42-28-34(23-25-40(42)43)35-20-11-21-36-37(35)24-22-33-26-31-16-7-8-17-32(31)27-41(33)36/h1-28H. The fourth-order valence-corrected chi connectivity index (χ4v) is 7.21. The van der Waals surface area contributed by atoms with Crippen LogP contribution in [0.25, 0.3) is 87.2 Å². The van der Waals surface area contributed by atoms with E-state index in [2.05, 4.69) is 170 Å². The Labute approximate surface area is 256 Å². The number of rotatable bonds is 3. The molecule has 0 atom stereocenters. The second-order valence-corrected chi connectivity index (χ2v) is 11.7. The van der Waals surface area contributed by atoms with Gasteiger partial charge in [0.2, 0.25) is 0 Å². The summed E-state index contributed by atoms with van der Waals surface area (Å²) < 4.78 is 0. The van der Waals surface area contributed by atoms with Crippen LogP contribution < -0.4 is 0 Å². The van der Waals surface area contributed by atoms with Crippen molar-refractivity contribution in [3.63, 3.8) is 0 Å². The van der Waals surface area contributed by atoms with Gasteiger partial charge in [-0.2, -0.15) is 0 Å². The third-order valence-electron chi connectivity index (χ3n) is 9.20. The Kier molecular flexibility index (Phi) is 5.61. The predicted molar refractivity (Wildman–Crippen MR) is 190 cm³/mol. The number of benzene rings is 9. The van der Waals surface area contributed by atoms with Crippen LogP contribution in [-0.2, 0) is 0 Å². The van der Waals surface area contributed by atoms with Crippen molar-refractivity contribution in [1.82, 2.24) is 0 Å². The van der Waals surface area contributed by atoms with Gasteiger partial charge in [-0.15, -0.1) is 0 Å². The van der Waals surface area contributed by atoms with E-state index in [4.69, 9.17) is 0 Å². The van der Waals surface area contributed by atoms with Gasteiger partial charge >= 0.3 is 0 Å². The highest BCUT2D eigenvalue weighted by atomic mass is 14.2. The molecule has 0 nitrogen and oxygen atoms in total. The first-order valence-electron chi connectivity index (χ1n) is 15.3. The molecule has 9 aromatic rings. The largest absolute Gasteiger partial charge is 0.0622 e. The summed E-state index contributed by atoms with van der Waals surface area (Å²) in [4.78, 5) is 0. The molecule has 0 amide bonds. The van der Waals surface area contributed by atoms with Gasteiger partial charge in [-0.3, -0.25) is 0 Å². The summed E-state index contributed by atoms with van der Waals surface area (Å²) >= 11 is 0. The minimum atomic E-state index is 1.23. The monoisotopic (exact) mass is 556 g/mol. The molecule has 0 saturated carbocycles. The molecule has 0 fully saturated rings. The zero-order chi connectivity index (χ0) is 29.0. The van der Waals surface area contributed by atoms with E-state index in [9.17, 15) is 0 Å². The Balaban J connectivity index is 1.37. The van der Waals surface area contributed by atoms with Crippen molar-refractivity contribution in [2.75, 3.05) is 0 Å². The Morgan fingerprint density at radius 2 is 0.773 bits per heavy atom. The predicted octanol–water partition coefficient (Wildman–Crippen LogP) is 12.5. The molecule has 0 unspecified atom stereocenters. The van der Waals surface area contributed by atoms with Crippen LogP contribution in [0.15, 0.2) is 170 Å². The van der Waals surface area contributed by atoms with E-state index in [0.717, 1.165) is 0 Å². The summed E-state index contributed by atoms with van der Waals surface area (Å²) in [6.45, 7) is 0. The molecule has 0 radical (unpaired) electrons. The average Bonchev–Trinajstić information content (AvgIpc) is 3.10. The van der Waals surface area contributed by atoms with Gasteiger partial charge in [-0.1, -0.05) is 152 Å². The molecule has 0 aliphatic rings. The Morgan fingerprint density at radius 3 is 1.48 bits per heavy atom. The van der Waals surface area contributed by atoms with Gasteiger partial charge < -0.3 is 0 Å². The van der Waals surface area contributed by atoms with Crippen molar-refractivity contribution in [3.8, 4) is 33.4 Å². The zero-order valence-corrected chi connectivity index (χ0v) is 24.2. The van der Waals surface area contributed by atoms with Gasteiger partial charge in [0, 0.05) is 0 Å². The van der Waals surface area contributed by atoms with Crippen molar-refractivity contribution in [1.29, 1.82) is 0 Å². The molecular weight excluding hydrogens is 528 g/mol. The molecule has 0 heterocycles. The van der Waals surface area contributed by atoms with Crippen molar-refractivity contribution in [3.05, 3.63) is 170 Å². The van der Waals surface area contributed by atoms with Crippen LogP contribution in [-0.4, -0.2) is 0 Å². The molecule has 9 rings (SSSR count). The molecule has 0 aliphatic carbocycles. The molecule has 204 valence electrons. The summed E-state index contributed by atoms with van der Waals surface area (Å²) in [6, 6.07) is 62.3. The topological polar surface area (TPSA) is 0 Å². The third kappa shape index (κ3) is 3.85. The van der Waals surface area contributed by atoms with Crippen LogP contribution in [0.3, 0.4) is 0 Å². The van der Waals surface area contributed by atoms with Gasteiger partial charge in [0.25, 0.3) is 0 Å². The number of hydrogen-bond acceptors (Lipinski definition) is 0. The van der Waals surface area contributed by atoms with Crippen molar-refractivity contribution in [2.45, 2.75) is 0 Å². The van der Waals surface area contributed by atoms with E-state index >= 15 is 0 Å². The number of fused-ring (bicyclic) bond motifs is 6. The van der Waals surface area contributed by atoms with Crippen molar-refractivity contribution in [2.24, 2.45) is 0 Å². The van der Waals surface area contributed by atoms with Gasteiger partial charge in [0.05, 0.1) is 0 Å². The van der Waals surface area contributed by atoms with Gasteiger partial charge in [-0.25, -0.2) is 0 Å². The van der Waals surface area contributed by atoms with Crippen molar-refractivity contribution < 1.29 is 0 Å². The van der Waals surface area contributed by atoms with E-state index in [1.54, 1.807) is 0 Å². The summed E-state index contributed by atoms with van der Waals surface area (Å²) in [5.41, 5.74) is 7.54. The summed E-state index contributed by atoms with van der Waals surface area (Å²) in [5.74, 6) is 0. The lowest BCUT2D eigenvalue weighted by Gasteiger charge is -2.19. The lowest BCUT2D eigenvalue weighted by atomic mass is 9.84. The number of hydrogen-bond donors (Lipinski definition) is 0. The average molecular weight is 557 g/mol. The van der Waals surface area contributed by atoms with Crippen LogP contribution in [0.1, 0.15) is 0 Å². The maximum absolute atomic E-state index is 2.43. The van der Waals surface area contributed by atoms with Crippen LogP contribution in [0.4, 0.5) is 0 Å². The van der Waals surface area contributed by atoms with Gasteiger partial charge in [0.1, 0.15) is 0 Å². The second-order valence-electron chi connectivity index (χ2n) is 11.7. The first kappa shape index (κ1) is 24.8. The van der Waals surface area contributed by atoms with E-state index in [-0.39, 0.29) is 0 Å². The maximum atomic E-state index is 2.43. The van der Waals surface area contributed by atoms with E-state index < -0.39 is 0 Å². The molecule has 0 N–H and O–H groups in total. The third-order valence-corrected chi connectivity index (χ3v) is 9.20. The molecular formula is C44H28. The molecule has 0 aromatic heterocycles. The first-order valence-corrected chi connectivity index (χ1v) is 15.3. The Bertz CT molecular complexity index is 2520. The molecule has 0 heteroatoms. The smallest absolute Gasteiger partial charge is 0.00262 e. The van der Waals surface area contributed by atoms with E-state index in [1.165, 1.54) is 87.2 Å². The Hall–Kier alpha value is -5.72. The molecule has 9 aromatic carbocycles. The van der Waals surface area contributed by atoms with Crippen molar-refractivity contribution >= 4 is 53.9 Å². The van der Waals surface area contributed by atoms with Gasteiger partial charge in [0.15, 0.2) is 0 Å². The highest BCUT2D eigenvalue weighted by Crippen LogP contribution is 2.45. The van der Waals surface area contributed by atoms with E-state index in [1.807, 2.05) is 0 Å². The fourth-order valence-electron chi connectivity index (χ4n) is 7.21. The molecule has 44 heavy (non-hydrogen) atoms. The van der Waals surface area contributed by atoms with Gasteiger partial charge in [-0.05, 0) is 105 Å². The second kappa shape index (κ2) is 9.93. The summed E-state index contributed by atoms with van der Waals surface area (Å²) in [6.07, 6.45) is 0. The van der Waals surface area contributed by atoms with Crippen LogP contribution in [0.5, 0.6) is 0 Å². The highest BCUT2D eigenvalue weighted by molar-refractivity contribution is 6.22. The zero-order valence-electron chi connectivity index (χ0n) is 24.2. The molecule has 0 spiro atoms. The minimum absolute atomic E-state index is 1.23. The summed E-state index contributed by atoms with van der Waals surface area (Å²) in [7, 11) is 0. The lowest BCUT2D eigenvalue weighted by molar-refractivity contribution is 1.64. The molecule has 0 bridgehead atoms. The quantitative estimate of drug-likeness (QED) is 0.150. The molecule has 0 aliphatic heterocycles. The lowest BCUT2D eigenvalue weighted by Crippen LogP contribution is -1.92. The minimum Gasteiger partial charge on any atom is -0.0622 e. The SMILES string of the molecule is c1ccc(-c2c3ccccc3c(-c3ccccc3)c3cc(-c4cccc5c4ccc4cc6ccccc6cc45)ccc23)cc1. The molecule has 0 saturated heterocycles. The van der Waals surface area contributed by atoms with Crippen LogP contribution in [0, 0.1) is 0 Å². The Morgan fingerprint density at radius 1 is 0.227 bits per heavy atom. The van der Waals surface area contributed by atoms with Crippen LogP contribution in [0.2, 0.25) is 0 Å². The van der Waals surface area contributed by atoms with E-state index in [0.29, 0.717) is 0 Å². The highest BCUT2D eigenvalue weighted by Gasteiger charge is 2.18. The van der Waals surface area contributed by atoms with Crippen LogP contribution >= 0.6 is 0 Å².